The molecule has 1 saturated heterocycles. The molecule has 0 spiro atoms. The molecule has 0 bridgehead atoms. The quantitative estimate of drug-likeness (QED) is 0.573. The number of amides is 1. The minimum Gasteiger partial charge on any atom is -0.376 e. The van der Waals surface area contributed by atoms with E-state index in [1.807, 2.05) is 0 Å². The molecule has 0 radical (unpaired) electrons. The highest BCUT2D eigenvalue weighted by Gasteiger charge is 2.12. The smallest absolute Gasteiger partial charge is 0.220 e. The summed E-state index contributed by atoms with van der Waals surface area (Å²) in [7, 11) is 0. The van der Waals surface area contributed by atoms with Crippen molar-refractivity contribution in [1.82, 2.24) is 10.6 Å². The maximum atomic E-state index is 11.6. The van der Waals surface area contributed by atoms with Crippen LogP contribution in [0.1, 0.15) is 64.7 Å². The van der Waals surface area contributed by atoms with E-state index in [1.54, 1.807) is 0 Å². The second-order valence-corrected chi connectivity index (χ2v) is 5.69. The van der Waals surface area contributed by atoms with E-state index >= 15 is 0 Å². The van der Waals surface area contributed by atoms with Crippen molar-refractivity contribution < 1.29 is 9.53 Å². The Kier molecular flexibility index (Phi) is 10.6. The zero-order valence-electron chi connectivity index (χ0n) is 13.1. The summed E-state index contributed by atoms with van der Waals surface area (Å²) in [6, 6.07) is 0. The monoisotopic (exact) mass is 284 g/mol. The van der Waals surface area contributed by atoms with E-state index in [0.29, 0.717) is 25.7 Å². The molecule has 2 N–H and O–H groups in total. The normalized spacial score (nSPS) is 16.2. The molecule has 0 aromatic rings. The number of piperidine rings is 1. The van der Waals surface area contributed by atoms with E-state index in [1.165, 1.54) is 32.1 Å². The Morgan fingerprint density at radius 2 is 1.85 bits per heavy atom. The minimum atomic E-state index is 0.175. The molecule has 1 aliphatic rings. The van der Waals surface area contributed by atoms with Crippen molar-refractivity contribution in [2.75, 3.05) is 26.2 Å². The fourth-order valence-electron chi connectivity index (χ4n) is 2.53. The van der Waals surface area contributed by atoms with Gasteiger partial charge in [-0.3, -0.25) is 4.79 Å². The molecule has 0 aliphatic carbocycles. The van der Waals surface area contributed by atoms with Crippen molar-refractivity contribution in [3.8, 4) is 0 Å². The molecule has 0 aromatic heterocycles. The number of carbonyl (C=O) groups is 1. The van der Waals surface area contributed by atoms with Crippen LogP contribution < -0.4 is 10.6 Å². The molecule has 4 nitrogen and oxygen atoms in total. The summed E-state index contributed by atoms with van der Waals surface area (Å²) < 4.78 is 5.75. The largest absolute Gasteiger partial charge is 0.376 e. The fourth-order valence-corrected chi connectivity index (χ4v) is 2.53. The Labute approximate surface area is 124 Å². The lowest BCUT2D eigenvalue weighted by atomic mass is 10.1. The van der Waals surface area contributed by atoms with Crippen LogP contribution in [0.15, 0.2) is 0 Å². The lowest BCUT2D eigenvalue weighted by molar-refractivity contribution is -0.121. The molecule has 0 unspecified atom stereocenters. The van der Waals surface area contributed by atoms with Crippen molar-refractivity contribution in [3.05, 3.63) is 0 Å². The van der Waals surface area contributed by atoms with E-state index in [0.717, 1.165) is 32.4 Å². The molecule has 0 aromatic carbocycles. The molecular formula is C16H32N2O2. The number of hydrogen-bond acceptors (Lipinski definition) is 3. The lowest BCUT2D eigenvalue weighted by Gasteiger charge is -2.22. The van der Waals surface area contributed by atoms with Crippen LogP contribution in [0.3, 0.4) is 0 Å². The summed E-state index contributed by atoms with van der Waals surface area (Å²) >= 11 is 0. The third-order valence-electron chi connectivity index (χ3n) is 3.82. The second kappa shape index (κ2) is 12.2. The van der Waals surface area contributed by atoms with Gasteiger partial charge >= 0.3 is 0 Å². The zero-order chi connectivity index (χ0) is 14.5. The van der Waals surface area contributed by atoms with E-state index in [-0.39, 0.29) is 5.91 Å². The predicted octanol–water partition coefficient (Wildman–Crippen LogP) is 2.62. The topological polar surface area (TPSA) is 50.4 Å². The first-order valence-electron chi connectivity index (χ1n) is 8.42. The van der Waals surface area contributed by atoms with Gasteiger partial charge in [0.2, 0.25) is 5.91 Å². The first kappa shape index (κ1) is 17.4. The van der Waals surface area contributed by atoms with Gasteiger partial charge in [-0.1, -0.05) is 39.0 Å². The summed E-state index contributed by atoms with van der Waals surface area (Å²) in [5.74, 6) is 0.175. The van der Waals surface area contributed by atoms with Gasteiger partial charge in [0.15, 0.2) is 0 Å². The van der Waals surface area contributed by atoms with Crippen molar-refractivity contribution in [2.45, 2.75) is 70.8 Å². The van der Waals surface area contributed by atoms with Gasteiger partial charge in [0.05, 0.1) is 12.7 Å². The SMILES string of the molecule is CCCCCCCCC(=O)NCCOC1CCNCC1. The number of ether oxygens (including phenoxy) is 1. The molecule has 118 valence electrons. The van der Waals surface area contributed by atoms with Crippen LogP contribution in [0.5, 0.6) is 0 Å². The summed E-state index contributed by atoms with van der Waals surface area (Å²) in [5.41, 5.74) is 0. The lowest BCUT2D eigenvalue weighted by Crippen LogP contribution is -2.34. The average Bonchev–Trinajstić information content (AvgIpc) is 2.48. The molecule has 1 rings (SSSR count). The van der Waals surface area contributed by atoms with Crippen LogP contribution in [-0.4, -0.2) is 38.3 Å². The molecule has 1 aliphatic heterocycles. The number of unbranched alkanes of at least 4 members (excludes halogenated alkanes) is 5. The van der Waals surface area contributed by atoms with Gasteiger partial charge in [0.1, 0.15) is 0 Å². The number of rotatable bonds is 11. The predicted molar refractivity (Wildman–Crippen MR) is 82.8 cm³/mol. The summed E-state index contributed by atoms with van der Waals surface area (Å²) in [4.78, 5) is 11.6. The van der Waals surface area contributed by atoms with Crippen molar-refractivity contribution in [3.63, 3.8) is 0 Å². The zero-order valence-corrected chi connectivity index (χ0v) is 13.1. The Morgan fingerprint density at radius 1 is 1.15 bits per heavy atom. The third kappa shape index (κ3) is 9.32. The Morgan fingerprint density at radius 3 is 2.60 bits per heavy atom. The Hall–Kier alpha value is -0.610. The Bertz CT molecular complexity index is 241. The fraction of sp³-hybridized carbons (Fsp3) is 0.938. The van der Waals surface area contributed by atoms with Crippen molar-refractivity contribution >= 4 is 5.91 Å². The second-order valence-electron chi connectivity index (χ2n) is 5.69. The van der Waals surface area contributed by atoms with Crippen LogP contribution >= 0.6 is 0 Å². The first-order chi connectivity index (χ1) is 9.83. The summed E-state index contributed by atoms with van der Waals surface area (Å²) in [5, 5.41) is 6.26. The molecule has 20 heavy (non-hydrogen) atoms. The average molecular weight is 284 g/mol. The van der Waals surface area contributed by atoms with Gasteiger partial charge in [-0.15, -0.1) is 0 Å². The van der Waals surface area contributed by atoms with Crippen molar-refractivity contribution in [1.29, 1.82) is 0 Å². The molecule has 4 heteroatoms. The van der Waals surface area contributed by atoms with Crippen molar-refractivity contribution in [2.24, 2.45) is 0 Å². The van der Waals surface area contributed by atoms with Crippen LogP contribution in [0.2, 0.25) is 0 Å². The van der Waals surface area contributed by atoms with E-state index in [9.17, 15) is 4.79 Å². The van der Waals surface area contributed by atoms with E-state index in [2.05, 4.69) is 17.6 Å². The van der Waals surface area contributed by atoms with Gasteiger partial charge < -0.3 is 15.4 Å². The number of carbonyl (C=O) groups excluding carboxylic acids is 1. The van der Waals surface area contributed by atoms with Crippen LogP contribution in [0.4, 0.5) is 0 Å². The van der Waals surface area contributed by atoms with Crippen LogP contribution in [0.25, 0.3) is 0 Å². The van der Waals surface area contributed by atoms with Gasteiger partial charge in [0, 0.05) is 13.0 Å². The summed E-state index contributed by atoms with van der Waals surface area (Å²) in [6.07, 6.45) is 10.6. The van der Waals surface area contributed by atoms with Crippen LogP contribution in [0, 0.1) is 0 Å². The highest BCUT2D eigenvalue weighted by Crippen LogP contribution is 2.07. The number of hydrogen-bond donors (Lipinski definition) is 2. The minimum absolute atomic E-state index is 0.175. The third-order valence-corrected chi connectivity index (χ3v) is 3.82. The molecule has 1 fully saturated rings. The molecular weight excluding hydrogens is 252 g/mol. The molecule has 0 saturated carbocycles. The molecule has 1 amide bonds. The van der Waals surface area contributed by atoms with Gasteiger partial charge in [0.25, 0.3) is 0 Å². The van der Waals surface area contributed by atoms with E-state index in [4.69, 9.17) is 4.74 Å². The molecule has 1 heterocycles. The highest BCUT2D eigenvalue weighted by molar-refractivity contribution is 5.75. The molecule has 0 atom stereocenters. The van der Waals surface area contributed by atoms with Gasteiger partial charge in [-0.2, -0.15) is 0 Å². The number of nitrogens with one attached hydrogen (secondary N) is 2. The maximum absolute atomic E-state index is 11.6. The van der Waals surface area contributed by atoms with Gasteiger partial charge in [-0.05, 0) is 32.4 Å². The van der Waals surface area contributed by atoms with E-state index < -0.39 is 0 Å². The summed E-state index contributed by atoms with van der Waals surface area (Å²) in [6.45, 7) is 5.62. The van der Waals surface area contributed by atoms with Gasteiger partial charge in [-0.25, -0.2) is 0 Å². The first-order valence-corrected chi connectivity index (χ1v) is 8.42. The standard InChI is InChI=1S/C16H32N2O2/c1-2-3-4-5-6-7-8-16(19)18-13-14-20-15-9-11-17-12-10-15/h15,17H,2-14H2,1H3,(H,18,19). The Balaban J connectivity index is 1.84. The van der Waals surface area contributed by atoms with Crippen LogP contribution in [-0.2, 0) is 9.53 Å². The highest BCUT2D eigenvalue weighted by atomic mass is 16.5. The maximum Gasteiger partial charge on any atom is 0.220 e.